The van der Waals surface area contributed by atoms with Crippen LogP contribution < -0.4 is 10.6 Å². The monoisotopic (exact) mass is 348 g/mol. The number of rotatable bonds is 4. The van der Waals surface area contributed by atoms with Crippen molar-refractivity contribution in [3.8, 4) is 0 Å². The summed E-state index contributed by atoms with van der Waals surface area (Å²) >= 11 is 3.46. The summed E-state index contributed by atoms with van der Waals surface area (Å²) in [6, 6.07) is 7.87. The Morgan fingerprint density at radius 3 is 2.95 bits per heavy atom. The molecule has 1 atom stereocenters. The lowest BCUT2D eigenvalue weighted by atomic mass is 10.2. The van der Waals surface area contributed by atoms with Crippen molar-refractivity contribution in [1.29, 1.82) is 0 Å². The van der Waals surface area contributed by atoms with Crippen LogP contribution in [0.25, 0.3) is 0 Å². The standard InChI is InChI=1S/C13H17BrN2O2.ClH/c14-12-4-2-1-3-10(12)8-16-13(17)7-11-9-15-5-6-18-11;/h1-4,11,15H,5-9H2,(H,16,17);1H. The van der Waals surface area contributed by atoms with Crippen molar-refractivity contribution in [2.24, 2.45) is 0 Å². The van der Waals surface area contributed by atoms with Crippen LogP contribution in [-0.2, 0) is 16.1 Å². The topological polar surface area (TPSA) is 50.4 Å². The van der Waals surface area contributed by atoms with E-state index in [9.17, 15) is 4.79 Å². The second-order valence-corrected chi connectivity index (χ2v) is 5.12. The minimum absolute atomic E-state index is 0. The van der Waals surface area contributed by atoms with Crippen molar-refractivity contribution in [2.75, 3.05) is 19.7 Å². The van der Waals surface area contributed by atoms with Gasteiger partial charge in [0.15, 0.2) is 0 Å². The molecule has 4 nitrogen and oxygen atoms in total. The number of benzene rings is 1. The number of ether oxygens (including phenoxy) is 1. The fourth-order valence-electron chi connectivity index (χ4n) is 1.87. The summed E-state index contributed by atoms with van der Waals surface area (Å²) < 4.78 is 6.51. The predicted octanol–water partition coefficient (Wildman–Crippen LogP) is 1.87. The molecule has 1 heterocycles. The van der Waals surface area contributed by atoms with E-state index in [2.05, 4.69) is 26.6 Å². The Labute approximate surface area is 127 Å². The van der Waals surface area contributed by atoms with E-state index >= 15 is 0 Å². The number of hydrogen-bond acceptors (Lipinski definition) is 3. The van der Waals surface area contributed by atoms with E-state index in [1.54, 1.807) is 0 Å². The van der Waals surface area contributed by atoms with Gasteiger partial charge in [-0.2, -0.15) is 0 Å². The lowest BCUT2D eigenvalue weighted by Crippen LogP contribution is -2.41. The van der Waals surface area contributed by atoms with Crippen LogP contribution in [0.1, 0.15) is 12.0 Å². The van der Waals surface area contributed by atoms with E-state index in [1.165, 1.54) is 0 Å². The van der Waals surface area contributed by atoms with Crippen molar-refractivity contribution in [2.45, 2.75) is 19.1 Å². The van der Waals surface area contributed by atoms with E-state index in [1.807, 2.05) is 24.3 Å². The van der Waals surface area contributed by atoms with Gasteiger partial charge in [0.05, 0.1) is 19.1 Å². The Balaban J connectivity index is 0.00000180. The number of morpholine rings is 1. The molecule has 1 aliphatic rings. The third-order valence-corrected chi connectivity index (χ3v) is 3.62. The predicted molar refractivity (Wildman–Crippen MR) is 80.5 cm³/mol. The molecule has 0 aliphatic carbocycles. The maximum atomic E-state index is 11.8. The summed E-state index contributed by atoms with van der Waals surface area (Å²) in [5, 5.41) is 6.12. The quantitative estimate of drug-likeness (QED) is 0.872. The maximum absolute atomic E-state index is 11.8. The van der Waals surface area contributed by atoms with Crippen LogP contribution in [-0.4, -0.2) is 31.7 Å². The van der Waals surface area contributed by atoms with Gasteiger partial charge in [-0.05, 0) is 11.6 Å². The van der Waals surface area contributed by atoms with Crippen LogP contribution >= 0.6 is 28.3 Å². The zero-order chi connectivity index (χ0) is 12.8. The minimum Gasteiger partial charge on any atom is -0.375 e. The molecule has 19 heavy (non-hydrogen) atoms. The molecule has 1 aliphatic heterocycles. The number of carbonyl (C=O) groups excluding carboxylic acids is 1. The Hall–Kier alpha value is -0.620. The molecule has 0 bridgehead atoms. The molecule has 1 aromatic rings. The normalized spacial score (nSPS) is 18.5. The van der Waals surface area contributed by atoms with Crippen molar-refractivity contribution >= 4 is 34.2 Å². The number of carbonyl (C=O) groups is 1. The Morgan fingerprint density at radius 2 is 2.26 bits per heavy atom. The van der Waals surface area contributed by atoms with Gasteiger partial charge in [-0.3, -0.25) is 4.79 Å². The fraction of sp³-hybridized carbons (Fsp3) is 0.462. The van der Waals surface area contributed by atoms with E-state index in [-0.39, 0.29) is 24.4 Å². The first-order valence-corrected chi connectivity index (χ1v) is 6.87. The molecule has 1 fully saturated rings. The first-order chi connectivity index (χ1) is 8.75. The van der Waals surface area contributed by atoms with Crippen LogP contribution in [0.3, 0.4) is 0 Å². The summed E-state index contributed by atoms with van der Waals surface area (Å²) in [5.41, 5.74) is 1.08. The summed E-state index contributed by atoms with van der Waals surface area (Å²) in [5.74, 6) is 0.0273. The lowest BCUT2D eigenvalue weighted by molar-refractivity contribution is -0.124. The number of nitrogens with one attached hydrogen (secondary N) is 2. The zero-order valence-electron chi connectivity index (χ0n) is 10.5. The maximum Gasteiger partial charge on any atom is 0.222 e. The molecule has 0 aromatic heterocycles. The molecule has 2 N–H and O–H groups in total. The van der Waals surface area contributed by atoms with Crippen LogP contribution in [0, 0.1) is 0 Å². The van der Waals surface area contributed by atoms with E-state index in [0.717, 1.165) is 23.1 Å². The zero-order valence-corrected chi connectivity index (χ0v) is 12.9. The molecular weight excluding hydrogens is 332 g/mol. The van der Waals surface area contributed by atoms with Gasteiger partial charge in [0.2, 0.25) is 5.91 Å². The number of amides is 1. The molecule has 1 aromatic carbocycles. The van der Waals surface area contributed by atoms with Gasteiger partial charge in [0.1, 0.15) is 0 Å². The fourth-order valence-corrected chi connectivity index (χ4v) is 2.29. The highest BCUT2D eigenvalue weighted by Gasteiger charge is 2.17. The molecule has 1 amide bonds. The van der Waals surface area contributed by atoms with Crippen LogP contribution in [0.4, 0.5) is 0 Å². The second kappa shape index (κ2) is 8.53. The highest BCUT2D eigenvalue weighted by atomic mass is 79.9. The Morgan fingerprint density at radius 1 is 1.47 bits per heavy atom. The van der Waals surface area contributed by atoms with Crippen LogP contribution in [0.2, 0.25) is 0 Å². The van der Waals surface area contributed by atoms with Gasteiger partial charge in [0.25, 0.3) is 0 Å². The van der Waals surface area contributed by atoms with Gasteiger partial charge >= 0.3 is 0 Å². The molecule has 0 spiro atoms. The summed E-state index contributed by atoms with van der Waals surface area (Å²) in [6.45, 7) is 2.85. The van der Waals surface area contributed by atoms with Crippen molar-refractivity contribution in [3.05, 3.63) is 34.3 Å². The third-order valence-electron chi connectivity index (χ3n) is 2.85. The highest BCUT2D eigenvalue weighted by Crippen LogP contribution is 2.15. The second-order valence-electron chi connectivity index (χ2n) is 4.27. The molecule has 1 unspecified atom stereocenters. The summed E-state index contributed by atoms with van der Waals surface area (Å²) in [7, 11) is 0. The molecule has 106 valence electrons. The van der Waals surface area contributed by atoms with Crippen molar-refractivity contribution in [1.82, 2.24) is 10.6 Å². The van der Waals surface area contributed by atoms with E-state index in [0.29, 0.717) is 19.6 Å². The number of halogens is 2. The van der Waals surface area contributed by atoms with E-state index < -0.39 is 0 Å². The molecular formula is C13H18BrClN2O2. The smallest absolute Gasteiger partial charge is 0.222 e. The average Bonchev–Trinajstić information content (AvgIpc) is 2.39. The average molecular weight is 350 g/mol. The molecule has 1 saturated heterocycles. The van der Waals surface area contributed by atoms with Crippen LogP contribution in [0.5, 0.6) is 0 Å². The van der Waals surface area contributed by atoms with E-state index in [4.69, 9.17) is 4.74 Å². The Kier molecular flexibility index (Phi) is 7.38. The van der Waals surface area contributed by atoms with Crippen molar-refractivity contribution in [3.63, 3.8) is 0 Å². The summed E-state index contributed by atoms with van der Waals surface area (Å²) in [4.78, 5) is 11.8. The van der Waals surface area contributed by atoms with Gasteiger partial charge in [-0.1, -0.05) is 34.1 Å². The SMILES string of the molecule is Cl.O=C(CC1CNCCO1)NCc1ccccc1Br. The molecule has 0 saturated carbocycles. The van der Waals surface area contributed by atoms with Gasteiger partial charge in [-0.25, -0.2) is 0 Å². The molecule has 2 rings (SSSR count). The minimum atomic E-state index is -0.00189. The third kappa shape index (κ3) is 5.48. The Bertz CT molecular complexity index is 411. The molecule has 6 heteroatoms. The van der Waals surface area contributed by atoms with Crippen LogP contribution in [0.15, 0.2) is 28.7 Å². The first-order valence-electron chi connectivity index (χ1n) is 6.08. The lowest BCUT2D eigenvalue weighted by Gasteiger charge is -2.23. The summed E-state index contributed by atoms with van der Waals surface area (Å²) in [6.07, 6.45) is 0.412. The van der Waals surface area contributed by atoms with Crippen molar-refractivity contribution < 1.29 is 9.53 Å². The van der Waals surface area contributed by atoms with Gasteiger partial charge in [-0.15, -0.1) is 12.4 Å². The molecule has 0 radical (unpaired) electrons. The highest BCUT2D eigenvalue weighted by molar-refractivity contribution is 9.10. The largest absolute Gasteiger partial charge is 0.375 e. The van der Waals surface area contributed by atoms with Gasteiger partial charge < -0.3 is 15.4 Å². The first kappa shape index (κ1) is 16.4. The van der Waals surface area contributed by atoms with Gasteiger partial charge in [0, 0.05) is 24.1 Å². The number of hydrogen-bond donors (Lipinski definition) is 2.